The molecule has 4 unspecified atom stereocenters. The topological polar surface area (TPSA) is 20.2 Å². The third-order valence-electron chi connectivity index (χ3n) is 5.79. The van der Waals surface area contributed by atoms with Crippen molar-refractivity contribution < 1.29 is 5.11 Å². The first-order valence-corrected chi connectivity index (χ1v) is 6.56. The van der Waals surface area contributed by atoms with Crippen LogP contribution in [0.25, 0.3) is 0 Å². The van der Waals surface area contributed by atoms with Crippen molar-refractivity contribution in [2.45, 2.75) is 50.5 Å². The number of rotatable bonds is 1. The molecule has 78 valence electrons. The Morgan fingerprint density at radius 2 is 1.36 bits per heavy atom. The van der Waals surface area contributed by atoms with Gasteiger partial charge in [0.2, 0.25) is 0 Å². The van der Waals surface area contributed by atoms with Crippen molar-refractivity contribution in [1.82, 2.24) is 0 Å². The zero-order valence-electron chi connectivity index (χ0n) is 8.78. The lowest BCUT2D eigenvalue weighted by Gasteiger charge is -2.13. The summed E-state index contributed by atoms with van der Waals surface area (Å²) in [5.74, 6) is 4.11. The molecule has 0 saturated heterocycles. The number of aliphatic hydroxyl groups is 1. The van der Waals surface area contributed by atoms with Gasteiger partial charge in [0, 0.05) is 0 Å². The maximum Gasteiger partial charge on any atom is 0.0744 e. The van der Waals surface area contributed by atoms with Crippen molar-refractivity contribution in [2.24, 2.45) is 29.6 Å². The quantitative estimate of drug-likeness (QED) is 0.677. The molecular weight excluding hydrogens is 172 g/mol. The Bertz CT molecular complexity index is 250. The summed E-state index contributed by atoms with van der Waals surface area (Å²) in [5, 5.41) is 10.7. The lowest BCUT2D eigenvalue weighted by atomic mass is 10.0. The van der Waals surface area contributed by atoms with Crippen LogP contribution < -0.4 is 0 Å². The molecule has 1 N–H and O–H groups in total. The van der Waals surface area contributed by atoms with Crippen LogP contribution in [0.2, 0.25) is 0 Å². The van der Waals surface area contributed by atoms with Crippen LogP contribution >= 0.6 is 0 Å². The van der Waals surface area contributed by atoms with E-state index in [0.29, 0.717) is 0 Å². The van der Waals surface area contributed by atoms with Gasteiger partial charge >= 0.3 is 0 Å². The Hall–Kier alpha value is -0.0400. The van der Waals surface area contributed by atoms with Crippen molar-refractivity contribution in [3.8, 4) is 0 Å². The van der Waals surface area contributed by atoms with Gasteiger partial charge in [-0.15, -0.1) is 0 Å². The summed E-state index contributed by atoms with van der Waals surface area (Å²) in [4.78, 5) is 0. The van der Waals surface area contributed by atoms with E-state index in [1.165, 1.54) is 44.9 Å². The maximum absolute atomic E-state index is 10.7. The van der Waals surface area contributed by atoms with Crippen LogP contribution in [0.1, 0.15) is 44.9 Å². The fourth-order valence-corrected chi connectivity index (χ4v) is 5.14. The standard InChI is InChI=1S/C13H20O/c14-13(10-6-3-7-11(10)13)12-8-4-1-2-5-9(8)12/h8-12,14H,1-7H2. The molecule has 1 heteroatoms. The lowest BCUT2D eigenvalue weighted by Crippen LogP contribution is -2.20. The first-order valence-electron chi connectivity index (χ1n) is 6.56. The summed E-state index contributed by atoms with van der Waals surface area (Å²) in [6, 6.07) is 0. The molecule has 0 aromatic heterocycles. The molecule has 0 amide bonds. The van der Waals surface area contributed by atoms with Crippen molar-refractivity contribution in [1.29, 1.82) is 0 Å². The minimum absolute atomic E-state index is 0.141. The molecule has 14 heavy (non-hydrogen) atoms. The first-order chi connectivity index (χ1) is 6.83. The van der Waals surface area contributed by atoms with Crippen molar-refractivity contribution in [3.63, 3.8) is 0 Å². The molecule has 0 bridgehead atoms. The SMILES string of the molecule is OC1(C2C3CCCCC32)C2CCCC21. The molecule has 1 nitrogen and oxygen atoms in total. The highest BCUT2D eigenvalue weighted by atomic mass is 16.3. The summed E-state index contributed by atoms with van der Waals surface area (Å²) in [6.07, 6.45) is 9.77. The fraction of sp³-hybridized carbons (Fsp3) is 1.00. The Morgan fingerprint density at radius 1 is 0.786 bits per heavy atom. The van der Waals surface area contributed by atoms with Gasteiger partial charge in [-0.2, -0.15) is 0 Å². The summed E-state index contributed by atoms with van der Waals surface area (Å²) in [5.41, 5.74) is -0.141. The van der Waals surface area contributed by atoms with Gasteiger partial charge in [-0.25, -0.2) is 0 Å². The van der Waals surface area contributed by atoms with Crippen LogP contribution in [0.15, 0.2) is 0 Å². The molecule has 0 aromatic rings. The van der Waals surface area contributed by atoms with Crippen molar-refractivity contribution in [2.75, 3.05) is 0 Å². The van der Waals surface area contributed by atoms with Crippen molar-refractivity contribution >= 4 is 0 Å². The highest BCUT2D eigenvalue weighted by Gasteiger charge is 2.76. The molecule has 4 aliphatic carbocycles. The average molecular weight is 192 g/mol. The van der Waals surface area contributed by atoms with E-state index in [1.807, 2.05) is 0 Å². The number of fused-ring (bicyclic) bond motifs is 2. The van der Waals surface area contributed by atoms with E-state index in [-0.39, 0.29) is 5.60 Å². The molecule has 0 aromatic carbocycles. The molecule has 0 radical (unpaired) electrons. The monoisotopic (exact) mass is 192 g/mol. The minimum Gasteiger partial charge on any atom is -0.389 e. The first kappa shape index (κ1) is 8.15. The van der Waals surface area contributed by atoms with E-state index in [1.54, 1.807) is 0 Å². The molecule has 0 spiro atoms. The molecule has 4 atom stereocenters. The van der Waals surface area contributed by atoms with Crippen LogP contribution in [-0.2, 0) is 0 Å². The van der Waals surface area contributed by atoms with Gasteiger partial charge < -0.3 is 5.11 Å². The molecule has 4 saturated carbocycles. The highest BCUT2D eigenvalue weighted by Crippen LogP contribution is 2.74. The number of hydrogen-bond donors (Lipinski definition) is 1. The Labute approximate surface area is 85.9 Å². The third-order valence-corrected chi connectivity index (χ3v) is 5.79. The molecule has 4 fully saturated rings. The third kappa shape index (κ3) is 0.778. The predicted molar refractivity (Wildman–Crippen MR) is 54.7 cm³/mol. The molecule has 0 aliphatic heterocycles. The second kappa shape index (κ2) is 2.37. The van der Waals surface area contributed by atoms with E-state index in [9.17, 15) is 5.11 Å². The molecule has 0 heterocycles. The van der Waals surface area contributed by atoms with Crippen LogP contribution in [0, 0.1) is 29.6 Å². The van der Waals surface area contributed by atoms with Gasteiger partial charge in [-0.05, 0) is 55.3 Å². The minimum atomic E-state index is -0.141. The van der Waals surface area contributed by atoms with Gasteiger partial charge in [0.05, 0.1) is 5.60 Å². The Kier molecular flexibility index (Phi) is 1.38. The average Bonchev–Trinajstić information content (AvgIpc) is 2.95. The smallest absolute Gasteiger partial charge is 0.0744 e. The van der Waals surface area contributed by atoms with Gasteiger partial charge in [0.25, 0.3) is 0 Å². The fourth-order valence-electron chi connectivity index (χ4n) is 5.14. The largest absolute Gasteiger partial charge is 0.389 e. The summed E-state index contributed by atoms with van der Waals surface area (Å²) in [7, 11) is 0. The van der Waals surface area contributed by atoms with Crippen LogP contribution in [0.5, 0.6) is 0 Å². The molecule has 4 rings (SSSR count). The Morgan fingerprint density at radius 3 is 1.93 bits per heavy atom. The van der Waals surface area contributed by atoms with Gasteiger partial charge in [0.1, 0.15) is 0 Å². The summed E-state index contributed by atoms with van der Waals surface area (Å²) >= 11 is 0. The van der Waals surface area contributed by atoms with Crippen molar-refractivity contribution in [3.05, 3.63) is 0 Å². The van der Waals surface area contributed by atoms with Gasteiger partial charge in [-0.3, -0.25) is 0 Å². The van der Waals surface area contributed by atoms with E-state index < -0.39 is 0 Å². The molecule has 4 aliphatic rings. The van der Waals surface area contributed by atoms with E-state index in [2.05, 4.69) is 0 Å². The zero-order chi connectivity index (χ0) is 9.34. The van der Waals surface area contributed by atoms with E-state index in [0.717, 1.165) is 29.6 Å². The highest BCUT2D eigenvalue weighted by molar-refractivity contribution is 5.25. The van der Waals surface area contributed by atoms with E-state index >= 15 is 0 Å². The second-order valence-electron chi connectivity index (χ2n) is 6.17. The second-order valence-corrected chi connectivity index (χ2v) is 6.17. The lowest BCUT2D eigenvalue weighted by molar-refractivity contribution is 0.0730. The van der Waals surface area contributed by atoms with Crippen LogP contribution in [-0.4, -0.2) is 10.7 Å². The predicted octanol–water partition coefficient (Wildman–Crippen LogP) is 2.58. The summed E-state index contributed by atoms with van der Waals surface area (Å²) in [6.45, 7) is 0. The molecular formula is C13H20O. The Balaban J connectivity index is 1.55. The summed E-state index contributed by atoms with van der Waals surface area (Å²) < 4.78 is 0. The maximum atomic E-state index is 10.7. The van der Waals surface area contributed by atoms with E-state index in [4.69, 9.17) is 0 Å². The van der Waals surface area contributed by atoms with Crippen LogP contribution in [0.4, 0.5) is 0 Å². The normalized spacial score (nSPS) is 64.5. The van der Waals surface area contributed by atoms with Gasteiger partial charge in [-0.1, -0.05) is 19.3 Å². The number of hydrogen-bond acceptors (Lipinski definition) is 1. The van der Waals surface area contributed by atoms with Gasteiger partial charge in [0.15, 0.2) is 0 Å². The van der Waals surface area contributed by atoms with Crippen LogP contribution in [0.3, 0.4) is 0 Å². The zero-order valence-corrected chi connectivity index (χ0v) is 8.78.